The fourth-order valence-electron chi connectivity index (χ4n) is 5.06. The van der Waals surface area contributed by atoms with Crippen molar-refractivity contribution < 1.29 is 36.2 Å². The fourth-order valence-corrected chi connectivity index (χ4v) is 5.06. The van der Waals surface area contributed by atoms with E-state index in [1.165, 1.54) is 30.5 Å². The molecule has 1 fully saturated rings. The van der Waals surface area contributed by atoms with Gasteiger partial charge in [0.05, 0.1) is 17.4 Å². The van der Waals surface area contributed by atoms with E-state index in [0.717, 1.165) is 12.1 Å². The van der Waals surface area contributed by atoms with Crippen LogP contribution in [-0.2, 0) is 12.6 Å². The molecule has 6 rings (SSSR count). The molecule has 5 aromatic rings. The summed E-state index contributed by atoms with van der Waals surface area (Å²) < 4.78 is 69.9. The Morgan fingerprint density at radius 2 is 1.74 bits per heavy atom. The van der Waals surface area contributed by atoms with E-state index in [9.17, 15) is 22.7 Å². The maximum Gasteiger partial charge on any atom is 0.416 e. The van der Waals surface area contributed by atoms with Gasteiger partial charge < -0.3 is 28.9 Å². The first-order valence-electron chi connectivity index (χ1n) is 13.7. The lowest BCUT2D eigenvalue weighted by atomic mass is 10.1. The van der Waals surface area contributed by atoms with E-state index in [1.54, 1.807) is 31.2 Å². The summed E-state index contributed by atoms with van der Waals surface area (Å²) in [5.74, 6) is 0.763. The van der Waals surface area contributed by atoms with E-state index in [2.05, 4.69) is 15.2 Å². The minimum atomic E-state index is -4.42. The number of halogens is 4. The third-order valence-electron chi connectivity index (χ3n) is 7.11. The van der Waals surface area contributed by atoms with Gasteiger partial charge in [-0.3, -0.25) is 0 Å². The smallest absolute Gasteiger partial charge is 0.416 e. The molecule has 1 aliphatic heterocycles. The van der Waals surface area contributed by atoms with E-state index in [0.29, 0.717) is 71.3 Å². The topological polar surface area (TPSA) is 96.8 Å². The van der Waals surface area contributed by atoms with Gasteiger partial charge in [0.1, 0.15) is 35.6 Å². The number of fused-ring (bicyclic) bond motifs is 1. The SMILES string of the molecule is CC(O)COc1ccc2oc(-c3ccc(F)cc3)nc2c1N1CCNC(Cc2coc(-c3ccc(C(F)(F)F)cc3)n2)C1. The number of hydrogen-bond donors (Lipinski definition) is 2. The summed E-state index contributed by atoms with van der Waals surface area (Å²) in [6.07, 6.45) is -3.09. The number of ether oxygens (including phenoxy) is 1. The van der Waals surface area contributed by atoms with Crippen LogP contribution in [0.4, 0.5) is 23.2 Å². The van der Waals surface area contributed by atoms with Gasteiger partial charge in [0.2, 0.25) is 11.8 Å². The molecule has 0 aliphatic carbocycles. The summed E-state index contributed by atoms with van der Waals surface area (Å²) in [4.78, 5) is 11.4. The Labute approximate surface area is 243 Å². The number of alkyl halides is 3. The molecule has 12 heteroatoms. The van der Waals surface area contributed by atoms with Crippen molar-refractivity contribution in [3.05, 3.63) is 84.0 Å². The summed E-state index contributed by atoms with van der Waals surface area (Å²) in [5.41, 5.74) is 2.82. The van der Waals surface area contributed by atoms with Crippen molar-refractivity contribution in [2.75, 3.05) is 31.1 Å². The molecule has 8 nitrogen and oxygen atoms in total. The van der Waals surface area contributed by atoms with Crippen LogP contribution >= 0.6 is 0 Å². The van der Waals surface area contributed by atoms with E-state index < -0.39 is 17.8 Å². The van der Waals surface area contributed by atoms with Gasteiger partial charge in [-0.2, -0.15) is 13.2 Å². The second kappa shape index (κ2) is 11.7. The van der Waals surface area contributed by atoms with Crippen molar-refractivity contribution in [2.45, 2.75) is 31.7 Å². The van der Waals surface area contributed by atoms with Crippen molar-refractivity contribution in [2.24, 2.45) is 0 Å². The summed E-state index contributed by atoms with van der Waals surface area (Å²) in [6.45, 7) is 3.55. The van der Waals surface area contributed by atoms with Gasteiger partial charge in [-0.25, -0.2) is 14.4 Å². The Balaban J connectivity index is 1.25. The number of aromatic nitrogens is 2. The van der Waals surface area contributed by atoms with Gasteiger partial charge in [0.15, 0.2) is 5.58 Å². The number of hydrogen-bond acceptors (Lipinski definition) is 8. The van der Waals surface area contributed by atoms with E-state index in [-0.39, 0.29) is 24.4 Å². The van der Waals surface area contributed by atoms with Crippen LogP contribution in [0.15, 0.2) is 75.8 Å². The zero-order valence-corrected chi connectivity index (χ0v) is 23.1. The van der Waals surface area contributed by atoms with Crippen LogP contribution < -0.4 is 15.0 Å². The highest BCUT2D eigenvalue weighted by Gasteiger charge is 2.30. The normalized spacial score (nSPS) is 16.5. The molecule has 0 bridgehead atoms. The minimum Gasteiger partial charge on any atom is -0.489 e. The molecule has 2 unspecified atom stereocenters. The van der Waals surface area contributed by atoms with Gasteiger partial charge in [0.25, 0.3) is 0 Å². The molecule has 1 aliphatic rings. The summed E-state index contributed by atoms with van der Waals surface area (Å²) in [6, 6.07) is 14.1. The first-order valence-corrected chi connectivity index (χ1v) is 13.7. The molecular weight excluding hydrogens is 568 g/mol. The standard InChI is InChI=1S/C31H28F4N4O4/c1-18(40)16-41-26-11-10-25-27(38-30(43-25)20-4-8-22(32)9-5-20)28(26)39-13-12-36-23(15-39)14-24-17-42-29(37-24)19-2-6-21(7-3-19)31(33,34)35/h2-11,17-18,23,36,40H,12-16H2,1H3. The molecule has 43 heavy (non-hydrogen) atoms. The number of rotatable bonds is 8. The van der Waals surface area contributed by atoms with Crippen molar-refractivity contribution >= 4 is 16.8 Å². The third kappa shape index (κ3) is 6.35. The average Bonchev–Trinajstić information content (AvgIpc) is 3.63. The molecule has 0 radical (unpaired) electrons. The molecule has 0 amide bonds. The lowest BCUT2D eigenvalue weighted by Gasteiger charge is -2.36. The maximum absolute atomic E-state index is 13.5. The largest absolute Gasteiger partial charge is 0.489 e. The van der Waals surface area contributed by atoms with Crippen LogP contribution in [-0.4, -0.2) is 53.5 Å². The summed E-state index contributed by atoms with van der Waals surface area (Å²) in [5, 5.41) is 13.3. The van der Waals surface area contributed by atoms with Crippen molar-refractivity contribution in [1.82, 2.24) is 15.3 Å². The minimum absolute atomic E-state index is 0.0531. The number of benzene rings is 3. The third-order valence-corrected chi connectivity index (χ3v) is 7.11. The molecular formula is C31H28F4N4O4. The molecule has 3 aromatic carbocycles. The molecule has 3 heterocycles. The number of piperazine rings is 1. The molecule has 224 valence electrons. The van der Waals surface area contributed by atoms with Gasteiger partial charge in [-0.05, 0) is 67.6 Å². The van der Waals surface area contributed by atoms with Crippen LogP contribution in [0.1, 0.15) is 18.2 Å². The zero-order chi connectivity index (χ0) is 30.1. The van der Waals surface area contributed by atoms with Crippen LogP contribution in [0.5, 0.6) is 5.75 Å². The molecule has 0 saturated carbocycles. The van der Waals surface area contributed by atoms with E-state index in [4.69, 9.17) is 18.6 Å². The quantitative estimate of drug-likeness (QED) is 0.208. The number of oxazole rings is 2. The molecule has 2 N–H and O–H groups in total. The number of nitrogens with one attached hydrogen (secondary N) is 1. The van der Waals surface area contributed by atoms with Gasteiger partial charge in [0, 0.05) is 43.2 Å². The number of aliphatic hydroxyl groups excluding tert-OH is 1. The Bertz CT molecular complexity index is 1700. The van der Waals surface area contributed by atoms with Crippen LogP contribution in [0.25, 0.3) is 34.0 Å². The zero-order valence-electron chi connectivity index (χ0n) is 23.1. The highest BCUT2D eigenvalue weighted by molar-refractivity contribution is 5.93. The van der Waals surface area contributed by atoms with Gasteiger partial charge >= 0.3 is 6.18 Å². The Hall–Kier alpha value is -4.42. The van der Waals surface area contributed by atoms with E-state index in [1.807, 2.05) is 0 Å². The Kier molecular flexibility index (Phi) is 7.80. The lowest BCUT2D eigenvalue weighted by molar-refractivity contribution is -0.137. The molecule has 1 saturated heterocycles. The second-order valence-electron chi connectivity index (χ2n) is 10.5. The molecule has 0 spiro atoms. The second-order valence-corrected chi connectivity index (χ2v) is 10.5. The average molecular weight is 597 g/mol. The van der Waals surface area contributed by atoms with Crippen LogP contribution in [0.3, 0.4) is 0 Å². The fraction of sp³-hybridized carbons (Fsp3) is 0.290. The number of nitrogens with zero attached hydrogens (tertiary/aromatic N) is 3. The predicted octanol–water partition coefficient (Wildman–Crippen LogP) is 6.09. The number of aliphatic hydroxyl groups is 1. The monoisotopic (exact) mass is 596 g/mol. The van der Waals surface area contributed by atoms with Crippen LogP contribution in [0, 0.1) is 5.82 Å². The Morgan fingerprint density at radius 1 is 1.02 bits per heavy atom. The maximum atomic E-state index is 13.5. The first kappa shape index (κ1) is 28.7. The van der Waals surface area contributed by atoms with E-state index >= 15 is 0 Å². The van der Waals surface area contributed by atoms with Crippen molar-refractivity contribution in [1.29, 1.82) is 0 Å². The van der Waals surface area contributed by atoms with Gasteiger partial charge in [-0.1, -0.05) is 0 Å². The predicted molar refractivity (Wildman–Crippen MR) is 151 cm³/mol. The highest BCUT2D eigenvalue weighted by Crippen LogP contribution is 2.39. The van der Waals surface area contributed by atoms with Gasteiger partial charge in [-0.15, -0.1) is 0 Å². The molecule has 2 atom stereocenters. The molecule has 2 aromatic heterocycles. The van der Waals surface area contributed by atoms with Crippen molar-refractivity contribution in [3.63, 3.8) is 0 Å². The lowest BCUT2D eigenvalue weighted by Crippen LogP contribution is -2.51. The highest BCUT2D eigenvalue weighted by atomic mass is 19.4. The van der Waals surface area contributed by atoms with Crippen molar-refractivity contribution in [3.8, 4) is 28.7 Å². The summed E-state index contributed by atoms with van der Waals surface area (Å²) >= 11 is 0. The summed E-state index contributed by atoms with van der Waals surface area (Å²) in [7, 11) is 0. The number of anilines is 1. The Morgan fingerprint density at radius 3 is 2.47 bits per heavy atom. The van der Waals surface area contributed by atoms with Crippen LogP contribution in [0.2, 0.25) is 0 Å². The first-order chi connectivity index (χ1) is 20.6.